The molecule has 3 aromatic rings. The number of rotatable bonds is 5. The van der Waals surface area contributed by atoms with Gasteiger partial charge in [0, 0.05) is 35.5 Å². The molecule has 0 atom stereocenters. The van der Waals surface area contributed by atoms with Crippen LogP contribution in [0.5, 0.6) is 5.75 Å². The summed E-state index contributed by atoms with van der Waals surface area (Å²) < 4.78 is 6.03. The first-order valence-corrected chi connectivity index (χ1v) is 9.71. The first-order chi connectivity index (χ1) is 12.8. The molecule has 2 aliphatic rings. The predicted octanol–water partition coefficient (Wildman–Crippen LogP) is 4.36. The minimum atomic E-state index is 0.831. The molecule has 1 aliphatic heterocycles. The van der Waals surface area contributed by atoms with Gasteiger partial charge in [-0.05, 0) is 80.0 Å². The summed E-state index contributed by atoms with van der Waals surface area (Å²) in [5.41, 5.74) is 7.23. The highest BCUT2D eigenvalue weighted by Gasteiger charge is 2.21. The fraction of sp³-hybridized carbons (Fsp3) is 0.409. The van der Waals surface area contributed by atoms with E-state index in [1.165, 1.54) is 46.0 Å². The van der Waals surface area contributed by atoms with Crippen LogP contribution in [0.3, 0.4) is 0 Å². The number of benzene rings is 1. The SMILES string of the molecule is Cc1c[nH]c2ncc(-c3cc4c(c(CNCC5CC5)c3)OCCC4)cc12. The third-order valence-corrected chi connectivity index (χ3v) is 5.60. The summed E-state index contributed by atoms with van der Waals surface area (Å²) in [4.78, 5) is 7.84. The highest BCUT2D eigenvalue weighted by Crippen LogP contribution is 2.35. The normalized spacial score (nSPS) is 16.5. The third kappa shape index (κ3) is 2.99. The second-order valence-electron chi connectivity index (χ2n) is 7.74. The lowest BCUT2D eigenvalue weighted by atomic mass is 9.95. The predicted molar refractivity (Wildman–Crippen MR) is 105 cm³/mol. The van der Waals surface area contributed by atoms with Crippen LogP contribution in [0.4, 0.5) is 0 Å². The average molecular weight is 347 g/mol. The summed E-state index contributed by atoms with van der Waals surface area (Å²) in [6, 6.07) is 6.83. The number of H-pyrrole nitrogens is 1. The number of ether oxygens (including phenoxy) is 1. The van der Waals surface area contributed by atoms with Gasteiger partial charge in [0.1, 0.15) is 11.4 Å². The van der Waals surface area contributed by atoms with Crippen LogP contribution in [0.25, 0.3) is 22.2 Å². The molecule has 3 heterocycles. The average Bonchev–Trinajstić information content (AvgIpc) is 3.43. The topological polar surface area (TPSA) is 49.9 Å². The summed E-state index contributed by atoms with van der Waals surface area (Å²) in [6.45, 7) is 4.96. The van der Waals surface area contributed by atoms with Gasteiger partial charge in [-0.25, -0.2) is 4.98 Å². The van der Waals surface area contributed by atoms with Crippen LogP contribution < -0.4 is 10.1 Å². The molecule has 0 amide bonds. The number of hydrogen-bond donors (Lipinski definition) is 2. The maximum Gasteiger partial charge on any atom is 0.137 e. The highest BCUT2D eigenvalue weighted by atomic mass is 16.5. The minimum Gasteiger partial charge on any atom is -0.493 e. The molecule has 0 saturated heterocycles. The van der Waals surface area contributed by atoms with Gasteiger partial charge in [-0.2, -0.15) is 0 Å². The van der Waals surface area contributed by atoms with Gasteiger partial charge in [-0.15, -0.1) is 0 Å². The van der Waals surface area contributed by atoms with E-state index < -0.39 is 0 Å². The van der Waals surface area contributed by atoms with E-state index in [9.17, 15) is 0 Å². The van der Waals surface area contributed by atoms with Crippen LogP contribution in [0.2, 0.25) is 0 Å². The second kappa shape index (κ2) is 6.44. The Bertz CT molecular complexity index is 955. The zero-order valence-electron chi connectivity index (χ0n) is 15.3. The van der Waals surface area contributed by atoms with Gasteiger partial charge >= 0.3 is 0 Å². The molecule has 134 valence electrons. The molecule has 2 N–H and O–H groups in total. The fourth-order valence-electron chi connectivity index (χ4n) is 3.89. The molecular weight excluding hydrogens is 322 g/mol. The van der Waals surface area contributed by atoms with E-state index in [1.807, 2.05) is 12.4 Å². The van der Waals surface area contributed by atoms with Gasteiger partial charge in [-0.3, -0.25) is 0 Å². The minimum absolute atomic E-state index is 0.831. The Morgan fingerprint density at radius 1 is 1.23 bits per heavy atom. The summed E-state index contributed by atoms with van der Waals surface area (Å²) >= 11 is 0. The van der Waals surface area contributed by atoms with E-state index in [0.717, 1.165) is 49.9 Å². The van der Waals surface area contributed by atoms with Crippen LogP contribution in [0.1, 0.15) is 36.0 Å². The molecule has 0 spiro atoms. The molecular formula is C22H25N3O. The molecule has 0 unspecified atom stereocenters. The van der Waals surface area contributed by atoms with Crippen molar-refractivity contribution in [2.75, 3.05) is 13.2 Å². The van der Waals surface area contributed by atoms with Crippen molar-refractivity contribution in [3.8, 4) is 16.9 Å². The second-order valence-corrected chi connectivity index (χ2v) is 7.74. The maximum atomic E-state index is 6.03. The number of nitrogens with zero attached hydrogens (tertiary/aromatic N) is 1. The Morgan fingerprint density at radius 2 is 2.15 bits per heavy atom. The standard InChI is InChI=1S/C22H25N3O/c1-14-10-24-22-20(14)9-18(13-25-22)17-7-16-3-2-6-26-21(16)19(8-17)12-23-11-15-4-5-15/h7-10,13,15,23H,2-6,11-12H2,1H3,(H,24,25). The molecule has 26 heavy (non-hydrogen) atoms. The van der Waals surface area contributed by atoms with E-state index >= 15 is 0 Å². The largest absolute Gasteiger partial charge is 0.493 e. The van der Waals surface area contributed by atoms with Crippen molar-refractivity contribution in [1.82, 2.24) is 15.3 Å². The highest BCUT2D eigenvalue weighted by molar-refractivity contribution is 5.84. The van der Waals surface area contributed by atoms with Gasteiger partial charge in [0.15, 0.2) is 0 Å². The number of hydrogen-bond acceptors (Lipinski definition) is 3. The van der Waals surface area contributed by atoms with Crippen LogP contribution in [-0.2, 0) is 13.0 Å². The molecule has 1 saturated carbocycles. The first-order valence-electron chi connectivity index (χ1n) is 9.71. The maximum absolute atomic E-state index is 6.03. The summed E-state index contributed by atoms with van der Waals surface area (Å²) in [6.07, 6.45) is 8.95. The molecule has 2 aromatic heterocycles. The van der Waals surface area contributed by atoms with E-state index in [4.69, 9.17) is 4.74 Å². The van der Waals surface area contributed by atoms with Gasteiger partial charge in [0.25, 0.3) is 0 Å². The number of pyridine rings is 1. The third-order valence-electron chi connectivity index (χ3n) is 5.60. The molecule has 1 aromatic carbocycles. The fourth-order valence-corrected chi connectivity index (χ4v) is 3.89. The smallest absolute Gasteiger partial charge is 0.137 e. The molecule has 5 rings (SSSR count). The van der Waals surface area contributed by atoms with Gasteiger partial charge in [-0.1, -0.05) is 0 Å². The van der Waals surface area contributed by atoms with Gasteiger partial charge < -0.3 is 15.0 Å². The van der Waals surface area contributed by atoms with Crippen LogP contribution in [0, 0.1) is 12.8 Å². The van der Waals surface area contributed by atoms with Crippen molar-refractivity contribution < 1.29 is 4.74 Å². The Hall–Kier alpha value is -2.33. The van der Waals surface area contributed by atoms with E-state index in [-0.39, 0.29) is 0 Å². The van der Waals surface area contributed by atoms with Crippen molar-refractivity contribution in [2.24, 2.45) is 5.92 Å². The molecule has 1 aliphatic carbocycles. The van der Waals surface area contributed by atoms with Crippen molar-refractivity contribution in [3.05, 3.63) is 47.3 Å². The molecule has 1 fully saturated rings. The molecule has 4 nitrogen and oxygen atoms in total. The number of fused-ring (bicyclic) bond motifs is 2. The Morgan fingerprint density at radius 3 is 3.04 bits per heavy atom. The van der Waals surface area contributed by atoms with Gasteiger partial charge in [0.05, 0.1) is 6.61 Å². The Kier molecular flexibility index (Phi) is 3.93. The zero-order valence-corrected chi connectivity index (χ0v) is 15.3. The quantitative estimate of drug-likeness (QED) is 0.721. The van der Waals surface area contributed by atoms with Crippen molar-refractivity contribution in [1.29, 1.82) is 0 Å². The first kappa shape index (κ1) is 15.9. The van der Waals surface area contributed by atoms with Crippen molar-refractivity contribution in [3.63, 3.8) is 0 Å². The summed E-state index contributed by atoms with van der Waals surface area (Å²) in [5, 5.41) is 4.83. The molecule has 0 radical (unpaired) electrons. The number of aromatic nitrogens is 2. The number of aryl methyl sites for hydroxylation is 2. The lowest BCUT2D eigenvalue weighted by molar-refractivity contribution is 0.284. The van der Waals surface area contributed by atoms with Crippen molar-refractivity contribution >= 4 is 11.0 Å². The molecule has 4 heteroatoms. The lowest BCUT2D eigenvalue weighted by Crippen LogP contribution is -2.19. The monoisotopic (exact) mass is 347 g/mol. The van der Waals surface area contributed by atoms with Crippen molar-refractivity contribution in [2.45, 2.75) is 39.2 Å². The summed E-state index contributed by atoms with van der Waals surface area (Å²) in [7, 11) is 0. The zero-order chi connectivity index (χ0) is 17.5. The van der Waals surface area contributed by atoms with Gasteiger partial charge in [0.2, 0.25) is 0 Å². The Balaban J connectivity index is 1.52. The Labute approximate surface area is 154 Å². The number of aromatic amines is 1. The van der Waals surface area contributed by atoms with E-state index in [1.54, 1.807) is 0 Å². The van der Waals surface area contributed by atoms with E-state index in [0.29, 0.717) is 0 Å². The van der Waals surface area contributed by atoms with Crippen LogP contribution in [-0.4, -0.2) is 23.1 Å². The van der Waals surface area contributed by atoms with Crippen LogP contribution >= 0.6 is 0 Å². The summed E-state index contributed by atoms with van der Waals surface area (Å²) in [5.74, 6) is 1.99. The number of nitrogens with one attached hydrogen (secondary N) is 2. The lowest BCUT2D eigenvalue weighted by Gasteiger charge is -2.22. The van der Waals surface area contributed by atoms with E-state index in [2.05, 4.69) is 40.4 Å². The van der Waals surface area contributed by atoms with Crippen LogP contribution in [0.15, 0.2) is 30.6 Å². The molecule has 0 bridgehead atoms.